The van der Waals surface area contributed by atoms with Gasteiger partial charge in [0.15, 0.2) is 11.5 Å². The van der Waals surface area contributed by atoms with Gasteiger partial charge in [-0.1, -0.05) is 24.6 Å². The smallest absolute Gasteiger partial charge is 0.248 e. The zero-order chi connectivity index (χ0) is 18.2. The number of rotatable bonds is 7. The van der Waals surface area contributed by atoms with Gasteiger partial charge >= 0.3 is 0 Å². The molecule has 0 unspecified atom stereocenters. The Hall–Kier alpha value is -2.46. The third kappa shape index (κ3) is 5.54. The second-order valence-corrected chi connectivity index (χ2v) is 5.98. The van der Waals surface area contributed by atoms with Crippen molar-refractivity contribution >= 4 is 29.3 Å². The van der Waals surface area contributed by atoms with Crippen molar-refractivity contribution < 1.29 is 14.3 Å². The van der Waals surface area contributed by atoms with Crippen molar-refractivity contribution in [2.75, 3.05) is 19.0 Å². The van der Waals surface area contributed by atoms with Gasteiger partial charge in [-0.25, -0.2) is 0 Å². The highest BCUT2D eigenvalue weighted by molar-refractivity contribution is 6.30. The molecule has 0 aliphatic heterocycles. The molecule has 5 heteroatoms. The highest BCUT2D eigenvalue weighted by atomic mass is 35.5. The van der Waals surface area contributed by atoms with Gasteiger partial charge in [0, 0.05) is 16.8 Å². The van der Waals surface area contributed by atoms with E-state index in [1.54, 1.807) is 31.4 Å². The van der Waals surface area contributed by atoms with Gasteiger partial charge in [-0.15, -0.1) is 0 Å². The summed E-state index contributed by atoms with van der Waals surface area (Å²) in [6, 6.07) is 10.9. The van der Waals surface area contributed by atoms with Crippen LogP contribution in [0.3, 0.4) is 0 Å². The van der Waals surface area contributed by atoms with Crippen molar-refractivity contribution in [1.82, 2.24) is 0 Å². The summed E-state index contributed by atoms with van der Waals surface area (Å²) in [6.45, 7) is 4.57. The van der Waals surface area contributed by atoms with E-state index in [4.69, 9.17) is 21.1 Å². The first-order valence-corrected chi connectivity index (χ1v) is 8.47. The number of ether oxygens (including phenoxy) is 2. The van der Waals surface area contributed by atoms with Crippen LogP contribution in [0.15, 0.2) is 42.5 Å². The molecule has 0 saturated carbocycles. The van der Waals surface area contributed by atoms with Gasteiger partial charge in [0.1, 0.15) is 0 Å². The van der Waals surface area contributed by atoms with Crippen molar-refractivity contribution in [3.8, 4) is 11.5 Å². The third-order valence-electron chi connectivity index (χ3n) is 3.52. The molecule has 0 aliphatic rings. The number of anilines is 1. The zero-order valence-corrected chi connectivity index (χ0v) is 15.4. The number of hydrogen-bond donors (Lipinski definition) is 1. The SMILES string of the molecule is CCCOc1ccc(C=CC(=O)Nc2ccc(Cl)cc2C)cc1OC. The lowest BCUT2D eigenvalue weighted by molar-refractivity contribution is -0.111. The van der Waals surface area contributed by atoms with Crippen LogP contribution in [0.2, 0.25) is 5.02 Å². The van der Waals surface area contributed by atoms with Gasteiger partial charge in [-0.3, -0.25) is 4.79 Å². The fourth-order valence-corrected chi connectivity index (χ4v) is 2.46. The Balaban J connectivity index is 2.06. The predicted molar refractivity (Wildman–Crippen MR) is 103 cm³/mol. The van der Waals surface area contributed by atoms with Gasteiger partial charge in [-0.05, 0) is 60.9 Å². The number of carbonyl (C=O) groups is 1. The minimum atomic E-state index is -0.212. The lowest BCUT2D eigenvalue weighted by Gasteiger charge is -2.10. The number of carbonyl (C=O) groups excluding carboxylic acids is 1. The van der Waals surface area contributed by atoms with Gasteiger partial charge in [0.25, 0.3) is 0 Å². The molecule has 0 radical (unpaired) electrons. The lowest BCUT2D eigenvalue weighted by Crippen LogP contribution is -2.08. The molecule has 25 heavy (non-hydrogen) atoms. The molecule has 0 heterocycles. The molecule has 132 valence electrons. The molecule has 1 amide bonds. The maximum absolute atomic E-state index is 12.1. The van der Waals surface area contributed by atoms with Crippen molar-refractivity contribution in [3.05, 3.63) is 58.6 Å². The molecular weight excluding hydrogens is 338 g/mol. The average molecular weight is 360 g/mol. The van der Waals surface area contributed by atoms with E-state index in [9.17, 15) is 4.79 Å². The van der Waals surface area contributed by atoms with E-state index in [1.807, 2.05) is 32.0 Å². The Bertz CT molecular complexity index is 772. The number of aryl methyl sites for hydroxylation is 1. The normalized spacial score (nSPS) is 10.7. The molecule has 0 spiro atoms. The van der Waals surface area contributed by atoms with Crippen LogP contribution >= 0.6 is 11.6 Å². The third-order valence-corrected chi connectivity index (χ3v) is 3.76. The highest BCUT2D eigenvalue weighted by Crippen LogP contribution is 2.28. The maximum atomic E-state index is 12.1. The Labute approximate surface area is 153 Å². The van der Waals surface area contributed by atoms with Crippen molar-refractivity contribution in [1.29, 1.82) is 0 Å². The number of halogens is 1. The van der Waals surface area contributed by atoms with Crippen LogP contribution in [0.4, 0.5) is 5.69 Å². The lowest BCUT2D eigenvalue weighted by atomic mass is 10.1. The van der Waals surface area contributed by atoms with Gasteiger partial charge in [0.2, 0.25) is 5.91 Å². The van der Waals surface area contributed by atoms with E-state index in [1.165, 1.54) is 6.08 Å². The Kier molecular flexibility index (Phi) is 6.90. The Morgan fingerprint density at radius 1 is 1.20 bits per heavy atom. The summed E-state index contributed by atoms with van der Waals surface area (Å²) < 4.78 is 11.0. The Morgan fingerprint density at radius 3 is 2.68 bits per heavy atom. The first-order valence-electron chi connectivity index (χ1n) is 8.09. The Morgan fingerprint density at radius 2 is 2.00 bits per heavy atom. The van der Waals surface area contributed by atoms with Crippen molar-refractivity contribution in [2.24, 2.45) is 0 Å². The van der Waals surface area contributed by atoms with Crippen LogP contribution in [-0.2, 0) is 4.79 Å². The van der Waals surface area contributed by atoms with Gasteiger partial charge < -0.3 is 14.8 Å². The molecule has 0 bridgehead atoms. The largest absolute Gasteiger partial charge is 0.493 e. The van der Waals surface area contributed by atoms with Crippen LogP contribution < -0.4 is 14.8 Å². The van der Waals surface area contributed by atoms with Gasteiger partial charge in [-0.2, -0.15) is 0 Å². The van der Waals surface area contributed by atoms with E-state index < -0.39 is 0 Å². The van der Waals surface area contributed by atoms with Crippen molar-refractivity contribution in [3.63, 3.8) is 0 Å². The summed E-state index contributed by atoms with van der Waals surface area (Å²) in [5, 5.41) is 3.48. The number of benzene rings is 2. The standard InChI is InChI=1S/C20H22ClNO3/c1-4-11-25-18-9-5-15(13-19(18)24-3)6-10-20(23)22-17-8-7-16(21)12-14(17)2/h5-10,12-13H,4,11H2,1-3H3,(H,22,23). The topological polar surface area (TPSA) is 47.6 Å². The summed E-state index contributed by atoms with van der Waals surface area (Å²) in [5.41, 5.74) is 2.50. The summed E-state index contributed by atoms with van der Waals surface area (Å²) in [7, 11) is 1.59. The monoisotopic (exact) mass is 359 g/mol. The molecule has 0 aromatic heterocycles. The van der Waals surface area contributed by atoms with Crippen LogP contribution in [0.25, 0.3) is 6.08 Å². The minimum absolute atomic E-state index is 0.212. The first kappa shape index (κ1) is 18.9. The van der Waals surface area contributed by atoms with E-state index in [2.05, 4.69) is 5.32 Å². The number of hydrogen-bond acceptors (Lipinski definition) is 3. The average Bonchev–Trinajstić information content (AvgIpc) is 2.60. The summed E-state index contributed by atoms with van der Waals surface area (Å²) in [5.74, 6) is 1.13. The van der Waals surface area contributed by atoms with Gasteiger partial charge in [0.05, 0.1) is 13.7 Å². The maximum Gasteiger partial charge on any atom is 0.248 e. The summed E-state index contributed by atoms with van der Waals surface area (Å²) in [6.07, 6.45) is 4.14. The fraction of sp³-hybridized carbons (Fsp3) is 0.250. The van der Waals surface area contributed by atoms with E-state index >= 15 is 0 Å². The van der Waals surface area contributed by atoms with E-state index in [-0.39, 0.29) is 5.91 Å². The highest BCUT2D eigenvalue weighted by Gasteiger charge is 2.05. The fourth-order valence-electron chi connectivity index (χ4n) is 2.23. The molecule has 2 aromatic rings. The second-order valence-electron chi connectivity index (χ2n) is 5.54. The molecule has 1 N–H and O–H groups in total. The molecule has 0 fully saturated rings. The number of nitrogens with one attached hydrogen (secondary N) is 1. The zero-order valence-electron chi connectivity index (χ0n) is 14.6. The quantitative estimate of drug-likeness (QED) is 0.700. The summed E-state index contributed by atoms with van der Waals surface area (Å²) in [4.78, 5) is 12.1. The minimum Gasteiger partial charge on any atom is -0.493 e. The van der Waals surface area contributed by atoms with Crippen LogP contribution in [-0.4, -0.2) is 19.6 Å². The first-order chi connectivity index (χ1) is 12.0. The molecule has 2 rings (SSSR count). The van der Waals surface area contributed by atoms with E-state index in [0.29, 0.717) is 23.1 Å². The second kappa shape index (κ2) is 9.14. The van der Waals surface area contributed by atoms with Crippen LogP contribution in [0, 0.1) is 6.92 Å². The molecule has 0 atom stereocenters. The summed E-state index contributed by atoms with van der Waals surface area (Å²) >= 11 is 5.92. The van der Waals surface area contributed by atoms with E-state index in [0.717, 1.165) is 23.2 Å². The van der Waals surface area contributed by atoms with Crippen LogP contribution in [0.5, 0.6) is 11.5 Å². The molecular formula is C20H22ClNO3. The molecule has 0 aliphatic carbocycles. The molecule has 4 nitrogen and oxygen atoms in total. The van der Waals surface area contributed by atoms with Crippen LogP contribution in [0.1, 0.15) is 24.5 Å². The van der Waals surface area contributed by atoms with Crippen molar-refractivity contribution in [2.45, 2.75) is 20.3 Å². The number of amides is 1. The molecule has 2 aromatic carbocycles. The predicted octanol–water partition coefficient (Wildman–Crippen LogP) is 5.10. The number of methoxy groups -OCH3 is 1. The molecule has 0 saturated heterocycles.